The van der Waals surface area contributed by atoms with Crippen LogP contribution in [0.25, 0.3) is 11.0 Å². The molecule has 3 heteroatoms. The van der Waals surface area contributed by atoms with E-state index in [4.69, 9.17) is 5.73 Å². The van der Waals surface area contributed by atoms with Crippen LogP contribution in [0.1, 0.15) is 16.7 Å². The number of benzene rings is 2. The number of nitrogens with zero attached hydrogens (tertiary/aromatic N) is 2. The number of rotatable bonds is 3. The molecule has 0 aliphatic heterocycles. The van der Waals surface area contributed by atoms with Crippen LogP contribution in [0.2, 0.25) is 0 Å². The van der Waals surface area contributed by atoms with Crippen LogP contribution in [0.4, 0.5) is 5.95 Å². The van der Waals surface area contributed by atoms with Crippen molar-refractivity contribution in [3.05, 3.63) is 59.2 Å². The van der Waals surface area contributed by atoms with E-state index in [1.54, 1.807) is 0 Å². The molecule has 0 unspecified atom stereocenters. The Kier molecular flexibility index (Phi) is 3.18. The Labute approximate surface area is 119 Å². The van der Waals surface area contributed by atoms with Gasteiger partial charge in [0.25, 0.3) is 0 Å². The molecule has 0 radical (unpaired) electrons. The molecule has 0 fully saturated rings. The lowest BCUT2D eigenvalue weighted by molar-refractivity contribution is 0.723. The van der Waals surface area contributed by atoms with Crippen molar-refractivity contribution in [2.24, 2.45) is 0 Å². The SMILES string of the molecule is Cc1ccc2nc(N)n(CCc3ccccc3C)c2c1. The highest BCUT2D eigenvalue weighted by molar-refractivity contribution is 5.79. The van der Waals surface area contributed by atoms with Crippen molar-refractivity contribution in [2.45, 2.75) is 26.8 Å². The highest BCUT2D eigenvalue weighted by Crippen LogP contribution is 2.20. The van der Waals surface area contributed by atoms with Crippen LogP contribution in [0.5, 0.6) is 0 Å². The molecule has 2 N–H and O–H groups in total. The Morgan fingerprint density at radius 3 is 2.70 bits per heavy atom. The first kappa shape index (κ1) is 12.7. The quantitative estimate of drug-likeness (QED) is 0.788. The normalized spacial score (nSPS) is 11.1. The molecule has 3 aromatic rings. The summed E-state index contributed by atoms with van der Waals surface area (Å²) in [6, 6.07) is 14.7. The Morgan fingerprint density at radius 2 is 1.90 bits per heavy atom. The lowest BCUT2D eigenvalue weighted by atomic mass is 10.1. The molecule has 0 atom stereocenters. The average molecular weight is 265 g/mol. The Bertz CT molecular complexity index is 756. The number of aryl methyl sites for hydroxylation is 4. The molecule has 0 saturated heterocycles. The minimum atomic E-state index is 0.596. The summed E-state index contributed by atoms with van der Waals surface area (Å²) >= 11 is 0. The average Bonchev–Trinajstić information content (AvgIpc) is 2.73. The summed E-state index contributed by atoms with van der Waals surface area (Å²) in [6.45, 7) is 5.10. The number of nitrogen functional groups attached to an aromatic ring is 1. The van der Waals surface area contributed by atoms with Gasteiger partial charge in [0.05, 0.1) is 11.0 Å². The van der Waals surface area contributed by atoms with E-state index in [9.17, 15) is 0 Å². The minimum Gasteiger partial charge on any atom is -0.369 e. The van der Waals surface area contributed by atoms with E-state index in [2.05, 4.69) is 59.8 Å². The van der Waals surface area contributed by atoms with Crippen molar-refractivity contribution in [1.29, 1.82) is 0 Å². The van der Waals surface area contributed by atoms with E-state index in [-0.39, 0.29) is 0 Å². The highest BCUT2D eigenvalue weighted by atomic mass is 15.1. The second kappa shape index (κ2) is 5.00. The van der Waals surface area contributed by atoms with Gasteiger partial charge in [0, 0.05) is 6.54 Å². The third-order valence-electron chi connectivity index (χ3n) is 3.80. The number of anilines is 1. The highest BCUT2D eigenvalue weighted by Gasteiger charge is 2.08. The van der Waals surface area contributed by atoms with Gasteiger partial charge in [-0.15, -0.1) is 0 Å². The second-order valence-corrected chi connectivity index (χ2v) is 5.29. The molecule has 1 aromatic heterocycles. The Hall–Kier alpha value is -2.29. The van der Waals surface area contributed by atoms with E-state index in [0.717, 1.165) is 24.0 Å². The molecule has 0 amide bonds. The van der Waals surface area contributed by atoms with E-state index in [1.165, 1.54) is 16.7 Å². The molecule has 1 heterocycles. The van der Waals surface area contributed by atoms with E-state index >= 15 is 0 Å². The van der Waals surface area contributed by atoms with E-state index < -0.39 is 0 Å². The first-order valence-electron chi connectivity index (χ1n) is 6.92. The maximum atomic E-state index is 6.06. The lowest BCUT2D eigenvalue weighted by Crippen LogP contribution is -2.06. The Balaban J connectivity index is 1.93. The van der Waals surface area contributed by atoms with Crippen LogP contribution < -0.4 is 5.73 Å². The zero-order chi connectivity index (χ0) is 14.1. The molecule has 3 nitrogen and oxygen atoms in total. The number of aromatic nitrogens is 2. The van der Waals surface area contributed by atoms with Crippen LogP contribution in [-0.4, -0.2) is 9.55 Å². The van der Waals surface area contributed by atoms with Gasteiger partial charge in [0.1, 0.15) is 0 Å². The maximum absolute atomic E-state index is 6.06. The summed E-state index contributed by atoms with van der Waals surface area (Å²) in [5.41, 5.74) is 12.1. The molecule has 102 valence electrons. The minimum absolute atomic E-state index is 0.596. The fraction of sp³-hybridized carbons (Fsp3) is 0.235. The molecule has 0 aliphatic carbocycles. The van der Waals surface area contributed by atoms with E-state index in [1.807, 2.05) is 6.07 Å². The predicted octanol–water partition coefficient (Wildman–Crippen LogP) is 3.48. The number of fused-ring (bicyclic) bond motifs is 1. The van der Waals surface area contributed by atoms with Gasteiger partial charge in [-0.2, -0.15) is 0 Å². The number of hydrogen-bond donors (Lipinski definition) is 1. The molecule has 0 saturated carbocycles. The molecule has 3 rings (SSSR count). The fourth-order valence-electron chi connectivity index (χ4n) is 2.61. The summed E-state index contributed by atoms with van der Waals surface area (Å²) in [6.07, 6.45) is 0.969. The molecular formula is C17H19N3. The molecule has 2 aromatic carbocycles. The van der Waals surface area contributed by atoms with Crippen LogP contribution in [0.15, 0.2) is 42.5 Å². The van der Waals surface area contributed by atoms with Gasteiger partial charge in [-0.1, -0.05) is 30.3 Å². The topological polar surface area (TPSA) is 43.8 Å². The number of nitrogens with two attached hydrogens (primary N) is 1. The molecule has 20 heavy (non-hydrogen) atoms. The van der Waals surface area contributed by atoms with Gasteiger partial charge >= 0.3 is 0 Å². The third-order valence-corrected chi connectivity index (χ3v) is 3.80. The smallest absolute Gasteiger partial charge is 0.201 e. The van der Waals surface area contributed by atoms with Crippen LogP contribution in [0.3, 0.4) is 0 Å². The standard InChI is InChI=1S/C17H19N3/c1-12-7-8-15-16(11-12)20(17(18)19-15)10-9-14-6-4-3-5-13(14)2/h3-8,11H,9-10H2,1-2H3,(H2,18,19). The molecule has 0 spiro atoms. The van der Waals surface area contributed by atoms with Crippen molar-refractivity contribution in [1.82, 2.24) is 9.55 Å². The van der Waals surface area contributed by atoms with Gasteiger partial charge in [-0.3, -0.25) is 0 Å². The summed E-state index contributed by atoms with van der Waals surface area (Å²) in [7, 11) is 0. The van der Waals surface area contributed by atoms with Gasteiger partial charge in [-0.05, 0) is 49.1 Å². The summed E-state index contributed by atoms with van der Waals surface area (Å²) < 4.78 is 2.11. The summed E-state index contributed by atoms with van der Waals surface area (Å²) in [4.78, 5) is 4.43. The van der Waals surface area contributed by atoms with Gasteiger partial charge in [0.15, 0.2) is 0 Å². The first-order valence-corrected chi connectivity index (χ1v) is 6.92. The molecule has 0 aliphatic rings. The van der Waals surface area contributed by atoms with Crippen LogP contribution in [-0.2, 0) is 13.0 Å². The largest absolute Gasteiger partial charge is 0.369 e. The molecular weight excluding hydrogens is 246 g/mol. The van der Waals surface area contributed by atoms with Crippen molar-refractivity contribution >= 4 is 17.0 Å². The van der Waals surface area contributed by atoms with Gasteiger partial charge in [-0.25, -0.2) is 4.98 Å². The lowest BCUT2D eigenvalue weighted by Gasteiger charge is -2.09. The first-order chi connectivity index (χ1) is 9.65. The van der Waals surface area contributed by atoms with E-state index in [0.29, 0.717) is 5.95 Å². The van der Waals surface area contributed by atoms with Gasteiger partial charge in [0.2, 0.25) is 5.95 Å². The fourth-order valence-corrected chi connectivity index (χ4v) is 2.61. The second-order valence-electron chi connectivity index (χ2n) is 5.29. The van der Waals surface area contributed by atoms with Gasteiger partial charge < -0.3 is 10.3 Å². The maximum Gasteiger partial charge on any atom is 0.201 e. The summed E-state index contributed by atoms with van der Waals surface area (Å²) in [5, 5.41) is 0. The van der Waals surface area contributed by atoms with Crippen LogP contribution in [0, 0.1) is 13.8 Å². The van der Waals surface area contributed by atoms with Crippen molar-refractivity contribution in [3.63, 3.8) is 0 Å². The number of hydrogen-bond acceptors (Lipinski definition) is 2. The van der Waals surface area contributed by atoms with Crippen molar-refractivity contribution < 1.29 is 0 Å². The van der Waals surface area contributed by atoms with Crippen molar-refractivity contribution in [2.75, 3.05) is 5.73 Å². The zero-order valence-corrected chi connectivity index (χ0v) is 11.9. The number of imidazole rings is 1. The molecule has 0 bridgehead atoms. The Morgan fingerprint density at radius 1 is 1.10 bits per heavy atom. The van der Waals surface area contributed by atoms with Crippen molar-refractivity contribution in [3.8, 4) is 0 Å². The summed E-state index contributed by atoms with van der Waals surface area (Å²) in [5.74, 6) is 0.596. The zero-order valence-electron chi connectivity index (χ0n) is 11.9. The third kappa shape index (κ3) is 2.27. The monoisotopic (exact) mass is 265 g/mol. The van der Waals surface area contributed by atoms with Crippen LogP contribution >= 0.6 is 0 Å². The predicted molar refractivity (Wildman–Crippen MR) is 83.8 cm³/mol.